The van der Waals surface area contributed by atoms with Crippen molar-refractivity contribution in [2.24, 2.45) is 17.8 Å². The van der Waals surface area contributed by atoms with E-state index in [2.05, 4.69) is 10.0 Å². The molecule has 0 saturated heterocycles. The predicted octanol–water partition coefficient (Wildman–Crippen LogP) is 1.97. The Morgan fingerprint density at radius 3 is 2.52 bits per heavy atom. The van der Waals surface area contributed by atoms with Gasteiger partial charge in [0.05, 0.1) is 5.69 Å². The molecule has 0 aromatic heterocycles. The van der Waals surface area contributed by atoms with Crippen LogP contribution >= 0.6 is 0 Å². The number of para-hydroxylation sites is 1. The molecule has 2 aliphatic carbocycles. The van der Waals surface area contributed by atoms with Gasteiger partial charge in [0, 0.05) is 12.5 Å². The van der Waals surface area contributed by atoms with E-state index in [0.29, 0.717) is 12.2 Å². The third-order valence-electron chi connectivity index (χ3n) is 4.38. The standard InChI is InChI=1S/C15H20N2O3S/c1-2-16-21(19,20)14-6-4-3-5-13(14)17-15(18)12-8-10-7-11(10)9-12/h3-6,10-12,16H,2,7-9H2,1H3,(H,17,18). The second-order valence-electron chi connectivity index (χ2n) is 5.91. The first-order chi connectivity index (χ1) is 10.0. The maximum absolute atomic E-state index is 12.3. The third-order valence-corrected chi connectivity index (χ3v) is 5.99. The van der Waals surface area contributed by atoms with Gasteiger partial charge in [-0.1, -0.05) is 19.1 Å². The summed E-state index contributed by atoms with van der Waals surface area (Å²) in [6.45, 7) is 2.04. The van der Waals surface area contributed by atoms with Gasteiger partial charge in [0.1, 0.15) is 4.90 Å². The molecule has 2 unspecified atom stereocenters. The van der Waals surface area contributed by atoms with Crippen LogP contribution in [0.2, 0.25) is 0 Å². The van der Waals surface area contributed by atoms with Crippen LogP contribution in [0.4, 0.5) is 5.69 Å². The van der Waals surface area contributed by atoms with E-state index in [0.717, 1.165) is 24.7 Å². The number of carbonyl (C=O) groups excluding carboxylic acids is 1. The molecular weight excluding hydrogens is 288 g/mol. The number of sulfonamides is 1. The fourth-order valence-corrected chi connectivity index (χ4v) is 4.44. The van der Waals surface area contributed by atoms with E-state index >= 15 is 0 Å². The Labute approximate surface area is 125 Å². The highest BCUT2D eigenvalue weighted by Crippen LogP contribution is 2.54. The maximum Gasteiger partial charge on any atom is 0.242 e. The van der Waals surface area contributed by atoms with Gasteiger partial charge in [-0.05, 0) is 43.2 Å². The molecule has 1 aromatic rings. The minimum atomic E-state index is -3.58. The molecule has 5 nitrogen and oxygen atoms in total. The van der Waals surface area contributed by atoms with Gasteiger partial charge in [0.15, 0.2) is 0 Å². The zero-order valence-electron chi connectivity index (χ0n) is 12.0. The number of hydrogen-bond donors (Lipinski definition) is 2. The Bertz CT molecular complexity index is 647. The largest absolute Gasteiger partial charge is 0.325 e. The summed E-state index contributed by atoms with van der Waals surface area (Å²) in [5.41, 5.74) is 0.365. The number of anilines is 1. The van der Waals surface area contributed by atoms with E-state index in [4.69, 9.17) is 0 Å². The van der Waals surface area contributed by atoms with E-state index in [-0.39, 0.29) is 16.7 Å². The summed E-state index contributed by atoms with van der Waals surface area (Å²) >= 11 is 0. The van der Waals surface area contributed by atoms with Gasteiger partial charge in [-0.2, -0.15) is 0 Å². The van der Waals surface area contributed by atoms with Crippen molar-refractivity contribution in [3.63, 3.8) is 0 Å². The number of hydrogen-bond acceptors (Lipinski definition) is 3. The second-order valence-corrected chi connectivity index (χ2v) is 7.65. The van der Waals surface area contributed by atoms with Gasteiger partial charge < -0.3 is 5.32 Å². The normalized spacial score (nSPS) is 27.2. The van der Waals surface area contributed by atoms with Crippen LogP contribution in [0.1, 0.15) is 26.2 Å². The zero-order chi connectivity index (χ0) is 15.0. The number of benzene rings is 1. The van der Waals surface area contributed by atoms with Crippen LogP contribution in [0.15, 0.2) is 29.2 Å². The Morgan fingerprint density at radius 1 is 1.19 bits per heavy atom. The number of rotatable bonds is 5. The molecule has 6 heteroatoms. The molecule has 2 aliphatic rings. The molecule has 2 N–H and O–H groups in total. The molecule has 2 saturated carbocycles. The fraction of sp³-hybridized carbons (Fsp3) is 0.533. The monoisotopic (exact) mass is 308 g/mol. The van der Waals surface area contributed by atoms with Crippen molar-refractivity contribution in [2.75, 3.05) is 11.9 Å². The molecule has 114 valence electrons. The Hall–Kier alpha value is -1.40. The van der Waals surface area contributed by atoms with Crippen LogP contribution in [-0.4, -0.2) is 20.9 Å². The van der Waals surface area contributed by atoms with Crippen molar-refractivity contribution in [2.45, 2.75) is 31.1 Å². The van der Waals surface area contributed by atoms with E-state index in [1.165, 1.54) is 12.5 Å². The maximum atomic E-state index is 12.3. The molecule has 0 spiro atoms. The average molecular weight is 308 g/mol. The van der Waals surface area contributed by atoms with Crippen molar-refractivity contribution in [1.82, 2.24) is 4.72 Å². The fourth-order valence-electron chi connectivity index (χ4n) is 3.24. The highest BCUT2D eigenvalue weighted by Gasteiger charge is 2.48. The lowest BCUT2D eigenvalue weighted by atomic mass is 10.0. The van der Waals surface area contributed by atoms with Crippen LogP contribution < -0.4 is 10.0 Å². The Kier molecular flexibility index (Phi) is 3.75. The lowest BCUT2D eigenvalue weighted by Gasteiger charge is -2.15. The zero-order valence-corrected chi connectivity index (χ0v) is 12.8. The summed E-state index contributed by atoms with van der Waals surface area (Å²) in [6, 6.07) is 6.54. The van der Waals surface area contributed by atoms with Crippen LogP contribution in [0.5, 0.6) is 0 Å². The van der Waals surface area contributed by atoms with Crippen molar-refractivity contribution >= 4 is 21.6 Å². The van der Waals surface area contributed by atoms with E-state index in [1.54, 1.807) is 25.1 Å². The summed E-state index contributed by atoms with van der Waals surface area (Å²) < 4.78 is 26.8. The number of nitrogens with one attached hydrogen (secondary N) is 2. The first-order valence-electron chi connectivity index (χ1n) is 7.41. The molecule has 21 heavy (non-hydrogen) atoms. The smallest absolute Gasteiger partial charge is 0.242 e. The molecule has 2 fully saturated rings. The summed E-state index contributed by atoms with van der Waals surface area (Å²) in [5.74, 6) is 1.42. The highest BCUT2D eigenvalue weighted by molar-refractivity contribution is 7.89. The van der Waals surface area contributed by atoms with E-state index in [9.17, 15) is 13.2 Å². The van der Waals surface area contributed by atoms with Gasteiger partial charge in [-0.3, -0.25) is 4.79 Å². The number of amides is 1. The van der Waals surface area contributed by atoms with Gasteiger partial charge in [-0.15, -0.1) is 0 Å². The number of fused-ring (bicyclic) bond motifs is 1. The summed E-state index contributed by atoms with van der Waals surface area (Å²) in [6.07, 6.45) is 3.15. The van der Waals surface area contributed by atoms with Crippen LogP contribution in [0.3, 0.4) is 0 Å². The van der Waals surface area contributed by atoms with Crippen molar-refractivity contribution < 1.29 is 13.2 Å². The van der Waals surface area contributed by atoms with Crippen molar-refractivity contribution in [3.05, 3.63) is 24.3 Å². The average Bonchev–Trinajstić information content (AvgIpc) is 3.05. The Balaban J connectivity index is 1.77. The third kappa shape index (κ3) is 2.96. The lowest BCUT2D eigenvalue weighted by Crippen LogP contribution is -2.26. The minimum absolute atomic E-state index is 0.0312. The summed E-state index contributed by atoms with van der Waals surface area (Å²) in [7, 11) is -3.58. The molecule has 1 amide bonds. The Morgan fingerprint density at radius 2 is 1.86 bits per heavy atom. The molecule has 0 bridgehead atoms. The van der Waals surface area contributed by atoms with Crippen molar-refractivity contribution in [3.8, 4) is 0 Å². The molecular formula is C15H20N2O3S. The molecule has 2 atom stereocenters. The van der Waals surface area contributed by atoms with Gasteiger partial charge in [0.2, 0.25) is 15.9 Å². The van der Waals surface area contributed by atoms with Gasteiger partial charge in [0.25, 0.3) is 0 Å². The molecule has 0 aliphatic heterocycles. The van der Waals surface area contributed by atoms with Crippen LogP contribution in [0.25, 0.3) is 0 Å². The topological polar surface area (TPSA) is 75.3 Å². The molecule has 3 rings (SSSR count). The van der Waals surface area contributed by atoms with Gasteiger partial charge in [-0.25, -0.2) is 13.1 Å². The summed E-state index contributed by atoms with van der Waals surface area (Å²) in [5, 5.41) is 2.80. The summed E-state index contributed by atoms with van der Waals surface area (Å²) in [4.78, 5) is 12.4. The lowest BCUT2D eigenvalue weighted by molar-refractivity contribution is -0.120. The predicted molar refractivity (Wildman–Crippen MR) is 80.3 cm³/mol. The SMILES string of the molecule is CCNS(=O)(=O)c1ccccc1NC(=O)C1CC2CC2C1. The highest BCUT2D eigenvalue weighted by atomic mass is 32.2. The van der Waals surface area contributed by atoms with Crippen molar-refractivity contribution in [1.29, 1.82) is 0 Å². The van der Waals surface area contributed by atoms with Gasteiger partial charge >= 0.3 is 0 Å². The molecule has 1 aromatic carbocycles. The van der Waals surface area contributed by atoms with E-state index in [1.807, 2.05) is 0 Å². The molecule has 0 heterocycles. The quantitative estimate of drug-likeness (QED) is 0.873. The van der Waals surface area contributed by atoms with Crippen LogP contribution in [0, 0.1) is 17.8 Å². The number of carbonyl (C=O) groups is 1. The van der Waals surface area contributed by atoms with E-state index < -0.39 is 10.0 Å². The second kappa shape index (κ2) is 5.42. The first-order valence-corrected chi connectivity index (χ1v) is 8.89. The minimum Gasteiger partial charge on any atom is -0.325 e. The first kappa shape index (κ1) is 14.5. The molecule has 0 radical (unpaired) electrons. The van der Waals surface area contributed by atoms with Crippen LogP contribution in [-0.2, 0) is 14.8 Å².